The summed E-state index contributed by atoms with van der Waals surface area (Å²) in [4.78, 5) is 9.95. The number of hydrogen-bond donors (Lipinski definition) is 2. The smallest absolute Gasteiger partial charge is 0.191 e. The van der Waals surface area contributed by atoms with Crippen LogP contribution >= 0.6 is 46.9 Å². The van der Waals surface area contributed by atoms with Gasteiger partial charge in [0.1, 0.15) is 5.01 Å². The van der Waals surface area contributed by atoms with Gasteiger partial charge in [0.2, 0.25) is 0 Å². The lowest BCUT2D eigenvalue weighted by atomic mass is 10.1. The summed E-state index contributed by atoms with van der Waals surface area (Å²) in [5.74, 6) is 0.814. The van der Waals surface area contributed by atoms with Crippen LogP contribution in [0.5, 0.6) is 0 Å². The number of aryl methyl sites for hydroxylation is 2. The lowest BCUT2D eigenvalue weighted by molar-refractivity contribution is 0.741. The average molecular weight is 479 g/mol. The average Bonchev–Trinajstić information content (AvgIpc) is 3.04. The molecule has 132 valence electrons. The van der Waals surface area contributed by atoms with Gasteiger partial charge in [0.05, 0.1) is 6.54 Å². The van der Waals surface area contributed by atoms with E-state index in [9.17, 15) is 0 Å². The zero-order chi connectivity index (χ0) is 16.5. The molecule has 0 aliphatic heterocycles. The minimum atomic E-state index is 0. The van der Waals surface area contributed by atoms with Gasteiger partial charge in [-0.2, -0.15) is 0 Å². The number of halogens is 2. The van der Waals surface area contributed by atoms with Crippen molar-refractivity contribution in [3.05, 3.63) is 50.9 Å². The first-order valence-corrected chi connectivity index (χ1v) is 9.03. The Bertz CT molecular complexity index is 628. The van der Waals surface area contributed by atoms with E-state index in [2.05, 4.69) is 39.7 Å². The molecular weight excluding hydrogens is 455 g/mol. The van der Waals surface area contributed by atoms with E-state index in [1.165, 1.54) is 10.4 Å². The van der Waals surface area contributed by atoms with Gasteiger partial charge in [-0.3, -0.25) is 4.99 Å². The van der Waals surface area contributed by atoms with Crippen LogP contribution in [-0.2, 0) is 19.4 Å². The molecule has 24 heavy (non-hydrogen) atoms. The fraction of sp³-hybridized carbons (Fsp3) is 0.412. The van der Waals surface area contributed by atoms with Crippen LogP contribution in [0.25, 0.3) is 0 Å². The van der Waals surface area contributed by atoms with Gasteiger partial charge in [-0.05, 0) is 37.0 Å². The van der Waals surface area contributed by atoms with Crippen molar-refractivity contribution in [3.63, 3.8) is 0 Å². The highest BCUT2D eigenvalue weighted by Crippen LogP contribution is 2.13. The summed E-state index contributed by atoms with van der Waals surface area (Å²) in [5, 5.41) is 8.50. The van der Waals surface area contributed by atoms with E-state index in [1.54, 1.807) is 18.4 Å². The summed E-state index contributed by atoms with van der Waals surface area (Å²) >= 11 is 7.63. The highest BCUT2D eigenvalue weighted by Gasteiger charge is 2.02. The lowest BCUT2D eigenvalue weighted by Crippen LogP contribution is -2.37. The van der Waals surface area contributed by atoms with E-state index in [0.29, 0.717) is 6.54 Å². The molecule has 0 spiro atoms. The van der Waals surface area contributed by atoms with Gasteiger partial charge in [-0.15, -0.1) is 35.3 Å². The molecular formula is C17H24ClIN4S. The molecule has 0 unspecified atom stereocenters. The molecule has 0 radical (unpaired) electrons. The van der Waals surface area contributed by atoms with Crippen molar-refractivity contribution in [1.29, 1.82) is 0 Å². The fourth-order valence-electron chi connectivity index (χ4n) is 2.12. The topological polar surface area (TPSA) is 49.3 Å². The van der Waals surface area contributed by atoms with Crippen LogP contribution in [0.2, 0.25) is 5.02 Å². The molecule has 2 rings (SSSR count). The van der Waals surface area contributed by atoms with Crippen LogP contribution in [0.3, 0.4) is 0 Å². The lowest BCUT2D eigenvalue weighted by Gasteiger charge is -2.10. The molecule has 0 atom stereocenters. The molecule has 1 aromatic carbocycles. The summed E-state index contributed by atoms with van der Waals surface area (Å²) in [6.07, 6.45) is 5.05. The largest absolute Gasteiger partial charge is 0.356 e. The second-order valence-corrected chi connectivity index (χ2v) is 6.79. The molecule has 0 aliphatic rings. The number of benzene rings is 1. The van der Waals surface area contributed by atoms with Crippen LogP contribution in [0.15, 0.2) is 35.5 Å². The third-order valence-electron chi connectivity index (χ3n) is 3.43. The van der Waals surface area contributed by atoms with E-state index >= 15 is 0 Å². The highest BCUT2D eigenvalue weighted by molar-refractivity contribution is 14.0. The predicted molar refractivity (Wildman–Crippen MR) is 115 cm³/mol. The minimum Gasteiger partial charge on any atom is -0.356 e. The molecule has 4 nitrogen and oxygen atoms in total. The molecule has 2 aromatic rings. The zero-order valence-corrected chi connectivity index (χ0v) is 17.9. The predicted octanol–water partition coefficient (Wildman–Crippen LogP) is 4.27. The van der Waals surface area contributed by atoms with Crippen LogP contribution < -0.4 is 10.6 Å². The summed E-state index contributed by atoms with van der Waals surface area (Å²) in [6, 6.07) is 8.01. The first-order valence-electron chi connectivity index (χ1n) is 7.83. The van der Waals surface area contributed by atoms with E-state index in [1.807, 2.05) is 18.3 Å². The van der Waals surface area contributed by atoms with Gasteiger partial charge in [-0.25, -0.2) is 4.98 Å². The summed E-state index contributed by atoms with van der Waals surface area (Å²) in [6.45, 7) is 3.73. The molecule has 1 heterocycles. The SMILES string of the molecule is CCc1cnc(CNC(=NC)NCCCc2ccc(Cl)cc2)s1.I. The molecule has 1 aromatic heterocycles. The Balaban J connectivity index is 0.00000288. The number of nitrogens with one attached hydrogen (secondary N) is 2. The second kappa shape index (κ2) is 11.7. The molecule has 7 heteroatoms. The number of hydrogen-bond acceptors (Lipinski definition) is 3. The molecule has 0 bridgehead atoms. The van der Waals surface area contributed by atoms with E-state index in [0.717, 1.165) is 41.8 Å². The molecule has 0 saturated carbocycles. The molecule has 0 aliphatic carbocycles. The van der Waals surface area contributed by atoms with Crippen LogP contribution in [0, 0.1) is 0 Å². The van der Waals surface area contributed by atoms with Crippen molar-refractivity contribution in [1.82, 2.24) is 15.6 Å². The molecule has 0 amide bonds. The fourth-order valence-corrected chi connectivity index (χ4v) is 3.05. The maximum Gasteiger partial charge on any atom is 0.191 e. The van der Waals surface area contributed by atoms with Crippen LogP contribution in [-0.4, -0.2) is 24.5 Å². The summed E-state index contributed by atoms with van der Waals surface area (Å²) in [5.41, 5.74) is 1.30. The van der Waals surface area contributed by atoms with Gasteiger partial charge in [0.25, 0.3) is 0 Å². The number of guanidine groups is 1. The normalized spacial score (nSPS) is 11.0. The van der Waals surface area contributed by atoms with Gasteiger partial charge >= 0.3 is 0 Å². The van der Waals surface area contributed by atoms with Crippen molar-refractivity contribution in [2.24, 2.45) is 4.99 Å². The summed E-state index contributed by atoms with van der Waals surface area (Å²) in [7, 11) is 1.79. The first-order chi connectivity index (χ1) is 11.2. The highest BCUT2D eigenvalue weighted by atomic mass is 127. The van der Waals surface area contributed by atoms with Crippen molar-refractivity contribution < 1.29 is 0 Å². The second-order valence-electron chi connectivity index (χ2n) is 5.16. The number of rotatable bonds is 7. The Morgan fingerprint density at radius 3 is 2.62 bits per heavy atom. The maximum atomic E-state index is 5.89. The Hall–Kier alpha value is -0.860. The standard InChI is InChI=1S/C17H23ClN4S.HI/c1-3-15-11-21-16(23-15)12-22-17(19-2)20-10-4-5-13-6-8-14(18)9-7-13;/h6-9,11H,3-5,10,12H2,1-2H3,(H2,19,20,22);1H. The summed E-state index contributed by atoms with van der Waals surface area (Å²) < 4.78 is 0. The third kappa shape index (κ3) is 7.36. The Morgan fingerprint density at radius 1 is 1.25 bits per heavy atom. The van der Waals surface area contributed by atoms with Gasteiger partial charge < -0.3 is 10.6 Å². The van der Waals surface area contributed by atoms with Gasteiger partial charge in [0.15, 0.2) is 5.96 Å². The third-order valence-corrected chi connectivity index (χ3v) is 4.82. The minimum absolute atomic E-state index is 0. The van der Waals surface area contributed by atoms with E-state index in [4.69, 9.17) is 11.6 Å². The van der Waals surface area contributed by atoms with Crippen molar-refractivity contribution in [2.45, 2.75) is 32.7 Å². The molecule has 2 N–H and O–H groups in total. The molecule has 0 saturated heterocycles. The maximum absolute atomic E-state index is 5.89. The number of thiazole rings is 1. The molecule has 0 fully saturated rings. The van der Waals surface area contributed by atoms with E-state index < -0.39 is 0 Å². The quantitative estimate of drug-likeness (QED) is 0.270. The van der Waals surface area contributed by atoms with Gasteiger partial charge in [0, 0.05) is 29.7 Å². The van der Waals surface area contributed by atoms with Crippen LogP contribution in [0.4, 0.5) is 0 Å². The van der Waals surface area contributed by atoms with E-state index in [-0.39, 0.29) is 24.0 Å². The first kappa shape index (κ1) is 21.2. The zero-order valence-electron chi connectivity index (χ0n) is 14.0. The number of nitrogens with zero attached hydrogens (tertiary/aromatic N) is 2. The monoisotopic (exact) mass is 478 g/mol. The Morgan fingerprint density at radius 2 is 2.00 bits per heavy atom. The number of aromatic nitrogens is 1. The Labute approximate surface area is 170 Å². The Kier molecular flexibility index (Phi) is 10.3. The van der Waals surface area contributed by atoms with Gasteiger partial charge in [-0.1, -0.05) is 30.7 Å². The van der Waals surface area contributed by atoms with Crippen molar-refractivity contribution >= 4 is 52.9 Å². The number of aliphatic imine (C=N–C) groups is 1. The van der Waals surface area contributed by atoms with Crippen molar-refractivity contribution in [2.75, 3.05) is 13.6 Å². The van der Waals surface area contributed by atoms with Crippen LogP contribution in [0.1, 0.15) is 28.8 Å². The van der Waals surface area contributed by atoms with Crippen molar-refractivity contribution in [3.8, 4) is 0 Å².